The molecule has 0 radical (unpaired) electrons. The lowest BCUT2D eigenvalue weighted by Crippen LogP contribution is -1.99. The largest absolute Gasteiger partial charge is 0.506 e. The fourth-order valence-electron chi connectivity index (χ4n) is 2.03. The van der Waals surface area contributed by atoms with Gasteiger partial charge in [-0.2, -0.15) is 0 Å². The molecule has 110 valence electrons. The molecule has 22 heavy (non-hydrogen) atoms. The molecule has 0 unspecified atom stereocenters. The first kappa shape index (κ1) is 14.1. The summed E-state index contributed by atoms with van der Waals surface area (Å²) in [6.07, 6.45) is 1.32. The minimum Gasteiger partial charge on any atom is -0.506 e. The van der Waals surface area contributed by atoms with Gasteiger partial charge in [-0.1, -0.05) is 11.6 Å². The monoisotopic (exact) mass is 315 g/mol. The molecule has 0 saturated carbocycles. The standard InChI is InChI=1S/C15H10ClN3O3/c16-9-2-4-13(20)12(6-9)19-14-10-3-1-8(15(21)22)5-11(10)17-7-18-14/h1-7,20H,(H,21,22)(H,17,18,19). The van der Waals surface area contributed by atoms with E-state index >= 15 is 0 Å². The molecule has 3 rings (SSSR count). The summed E-state index contributed by atoms with van der Waals surface area (Å²) in [6.45, 7) is 0. The van der Waals surface area contributed by atoms with Crippen molar-refractivity contribution in [3.63, 3.8) is 0 Å². The number of carboxylic acids is 1. The third-order valence-corrected chi connectivity index (χ3v) is 3.33. The van der Waals surface area contributed by atoms with E-state index in [0.717, 1.165) is 0 Å². The van der Waals surface area contributed by atoms with Gasteiger partial charge in [0.2, 0.25) is 0 Å². The first-order valence-electron chi connectivity index (χ1n) is 6.28. The predicted molar refractivity (Wildman–Crippen MR) is 82.9 cm³/mol. The number of benzene rings is 2. The topological polar surface area (TPSA) is 95.3 Å². The molecular weight excluding hydrogens is 306 g/mol. The number of phenols is 1. The van der Waals surface area contributed by atoms with E-state index in [0.29, 0.717) is 27.4 Å². The lowest BCUT2D eigenvalue weighted by molar-refractivity contribution is 0.0697. The molecule has 0 aliphatic carbocycles. The summed E-state index contributed by atoms with van der Waals surface area (Å²) in [6, 6.07) is 9.15. The van der Waals surface area contributed by atoms with Crippen molar-refractivity contribution < 1.29 is 15.0 Å². The highest BCUT2D eigenvalue weighted by Crippen LogP contribution is 2.31. The van der Waals surface area contributed by atoms with Gasteiger partial charge in [-0.3, -0.25) is 0 Å². The first-order valence-corrected chi connectivity index (χ1v) is 6.66. The van der Waals surface area contributed by atoms with Crippen LogP contribution in [0.15, 0.2) is 42.7 Å². The number of aromatic carboxylic acids is 1. The van der Waals surface area contributed by atoms with Crippen LogP contribution in [0.3, 0.4) is 0 Å². The number of aromatic nitrogens is 2. The molecule has 0 fully saturated rings. The molecule has 1 aromatic heterocycles. The summed E-state index contributed by atoms with van der Waals surface area (Å²) >= 11 is 5.91. The Bertz CT molecular complexity index is 883. The van der Waals surface area contributed by atoms with Crippen LogP contribution in [0.5, 0.6) is 5.75 Å². The molecule has 6 nitrogen and oxygen atoms in total. The Labute approximate surface area is 130 Å². The lowest BCUT2D eigenvalue weighted by Gasteiger charge is -2.10. The summed E-state index contributed by atoms with van der Waals surface area (Å²) in [4.78, 5) is 19.2. The van der Waals surface area contributed by atoms with Crippen LogP contribution >= 0.6 is 11.6 Å². The van der Waals surface area contributed by atoms with Crippen LogP contribution in [0, 0.1) is 0 Å². The molecule has 0 spiro atoms. The van der Waals surface area contributed by atoms with E-state index in [4.69, 9.17) is 16.7 Å². The summed E-state index contributed by atoms with van der Waals surface area (Å²) < 4.78 is 0. The molecular formula is C15H10ClN3O3. The number of nitrogens with zero attached hydrogens (tertiary/aromatic N) is 2. The van der Waals surface area contributed by atoms with Crippen LogP contribution in [-0.2, 0) is 0 Å². The minimum absolute atomic E-state index is 0.0262. The summed E-state index contributed by atoms with van der Waals surface area (Å²) in [5.74, 6) is -0.555. The van der Waals surface area contributed by atoms with Gasteiger partial charge < -0.3 is 15.5 Å². The van der Waals surface area contributed by atoms with Crippen molar-refractivity contribution >= 4 is 40.0 Å². The Kier molecular flexibility index (Phi) is 3.52. The van der Waals surface area contributed by atoms with E-state index in [1.165, 1.54) is 24.5 Å². The maximum Gasteiger partial charge on any atom is 0.335 e. The zero-order valence-corrected chi connectivity index (χ0v) is 11.9. The number of aromatic hydroxyl groups is 1. The van der Waals surface area contributed by atoms with Gasteiger partial charge in [0.25, 0.3) is 0 Å². The van der Waals surface area contributed by atoms with Crippen molar-refractivity contribution in [2.45, 2.75) is 0 Å². The number of nitrogens with one attached hydrogen (secondary N) is 1. The number of hydrogen-bond donors (Lipinski definition) is 3. The van der Waals surface area contributed by atoms with E-state index < -0.39 is 5.97 Å². The number of phenolic OH excluding ortho intramolecular Hbond substituents is 1. The highest BCUT2D eigenvalue weighted by molar-refractivity contribution is 6.31. The average molecular weight is 316 g/mol. The lowest BCUT2D eigenvalue weighted by atomic mass is 10.1. The predicted octanol–water partition coefficient (Wildman–Crippen LogP) is 3.43. The maximum absolute atomic E-state index is 11.0. The molecule has 7 heteroatoms. The van der Waals surface area contributed by atoms with E-state index in [9.17, 15) is 9.90 Å². The number of rotatable bonds is 3. The number of hydrogen-bond acceptors (Lipinski definition) is 5. The Hall–Kier alpha value is -2.86. The summed E-state index contributed by atoms with van der Waals surface area (Å²) in [5.41, 5.74) is 1.02. The van der Waals surface area contributed by atoms with Crippen LogP contribution in [0.25, 0.3) is 10.9 Å². The Morgan fingerprint density at radius 3 is 2.73 bits per heavy atom. The molecule has 0 saturated heterocycles. The number of carboxylic acid groups (broad SMARTS) is 1. The second kappa shape index (κ2) is 5.50. The molecule has 2 aromatic carbocycles. The highest BCUT2D eigenvalue weighted by atomic mass is 35.5. The second-order valence-corrected chi connectivity index (χ2v) is 4.98. The highest BCUT2D eigenvalue weighted by Gasteiger charge is 2.10. The fraction of sp³-hybridized carbons (Fsp3) is 0. The van der Waals surface area contributed by atoms with Crippen molar-refractivity contribution in [2.24, 2.45) is 0 Å². The minimum atomic E-state index is -1.03. The van der Waals surface area contributed by atoms with Crippen molar-refractivity contribution in [3.05, 3.63) is 53.3 Å². The second-order valence-electron chi connectivity index (χ2n) is 4.55. The van der Waals surface area contributed by atoms with E-state index in [2.05, 4.69) is 15.3 Å². The molecule has 0 aliphatic rings. The first-order chi connectivity index (χ1) is 10.5. The number of carbonyl (C=O) groups is 1. The van der Waals surface area contributed by atoms with Gasteiger partial charge in [0.15, 0.2) is 0 Å². The van der Waals surface area contributed by atoms with Crippen LogP contribution in [0.1, 0.15) is 10.4 Å². The fourth-order valence-corrected chi connectivity index (χ4v) is 2.20. The quantitative estimate of drug-likeness (QED) is 0.641. The average Bonchev–Trinajstić information content (AvgIpc) is 2.50. The Morgan fingerprint density at radius 1 is 1.14 bits per heavy atom. The molecule has 3 N–H and O–H groups in total. The van der Waals surface area contributed by atoms with Gasteiger partial charge in [-0.15, -0.1) is 0 Å². The molecule has 0 amide bonds. The van der Waals surface area contributed by atoms with Gasteiger partial charge in [0.1, 0.15) is 17.9 Å². The molecule has 1 heterocycles. The van der Waals surface area contributed by atoms with Gasteiger partial charge in [0.05, 0.1) is 16.8 Å². The van der Waals surface area contributed by atoms with E-state index in [-0.39, 0.29) is 11.3 Å². The number of fused-ring (bicyclic) bond motifs is 1. The summed E-state index contributed by atoms with van der Waals surface area (Å²) in [5, 5.41) is 22.9. The van der Waals surface area contributed by atoms with Gasteiger partial charge in [-0.25, -0.2) is 14.8 Å². The molecule has 0 aliphatic heterocycles. The zero-order valence-electron chi connectivity index (χ0n) is 11.1. The smallest absolute Gasteiger partial charge is 0.335 e. The third kappa shape index (κ3) is 2.64. The Morgan fingerprint density at radius 2 is 1.95 bits per heavy atom. The van der Waals surface area contributed by atoms with Crippen molar-refractivity contribution in [3.8, 4) is 5.75 Å². The number of halogens is 1. The summed E-state index contributed by atoms with van der Waals surface area (Å²) in [7, 11) is 0. The van der Waals surface area contributed by atoms with Gasteiger partial charge in [-0.05, 0) is 36.4 Å². The van der Waals surface area contributed by atoms with Crippen LogP contribution < -0.4 is 5.32 Å². The third-order valence-electron chi connectivity index (χ3n) is 3.10. The Balaban J connectivity index is 2.07. The van der Waals surface area contributed by atoms with E-state index in [1.807, 2.05) is 0 Å². The van der Waals surface area contributed by atoms with Crippen LogP contribution in [0.4, 0.5) is 11.5 Å². The van der Waals surface area contributed by atoms with E-state index in [1.54, 1.807) is 18.2 Å². The maximum atomic E-state index is 11.0. The van der Waals surface area contributed by atoms with Gasteiger partial charge in [0, 0.05) is 10.4 Å². The van der Waals surface area contributed by atoms with Crippen LogP contribution in [0.2, 0.25) is 5.02 Å². The van der Waals surface area contributed by atoms with Gasteiger partial charge >= 0.3 is 5.97 Å². The SMILES string of the molecule is O=C(O)c1ccc2c(Nc3cc(Cl)ccc3O)ncnc2c1. The number of anilines is 2. The molecule has 0 bridgehead atoms. The molecule has 0 atom stereocenters. The molecule has 3 aromatic rings. The van der Waals surface area contributed by atoms with Crippen LogP contribution in [-0.4, -0.2) is 26.2 Å². The van der Waals surface area contributed by atoms with Crippen molar-refractivity contribution in [1.82, 2.24) is 9.97 Å². The van der Waals surface area contributed by atoms with Crippen molar-refractivity contribution in [1.29, 1.82) is 0 Å². The van der Waals surface area contributed by atoms with Crippen molar-refractivity contribution in [2.75, 3.05) is 5.32 Å². The normalized spacial score (nSPS) is 10.6. The zero-order chi connectivity index (χ0) is 15.7.